The molecule has 6 rings (SSSR count). The summed E-state index contributed by atoms with van der Waals surface area (Å²) < 4.78 is 0. The lowest BCUT2D eigenvalue weighted by molar-refractivity contribution is 0.0995. The van der Waals surface area contributed by atoms with Crippen molar-refractivity contribution in [3.8, 4) is 0 Å². The Morgan fingerprint density at radius 2 is 1.87 bits per heavy atom. The molecule has 3 saturated heterocycles. The van der Waals surface area contributed by atoms with Crippen LogP contribution in [0.25, 0.3) is 0 Å². The molecule has 1 spiro atoms. The summed E-state index contributed by atoms with van der Waals surface area (Å²) in [5.41, 5.74) is 8.12. The van der Waals surface area contributed by atoms with E-state index in [2.05, 4.69) is 44.5 Å². The van der Waals surface area contributed by atoms with E-state index in [1.54, 1.807) is 6.20 Å². The second kappa shape index (κ2) is 9.97. The summed E-state index contributed by atoms with van der Waals surface area (Å²) in [6.07, 6.45) is 9.16. The molecule has 1 aromatic heterocycles. The number of piperidine rings is 2. The monoisotopic (exact) mass is 532 g/mol. The average Bonchev–Trinajstić information content (AvgIpc) is 3.20. The van der Waals surface area contributed by atoms with E-state index in [0.717, 1.165) is 70.4 Å². The highest BCUT2D eigenvalue weighted by Gasteiger charge is 2.53. The summed E-state index contributed by atoms with van der Waals surface area (Å²) in [4.78, 5) is 40.8. The van der Waals surface area contributed by atoms with Crippen molar-refractivity contribution in [2.45, 2.75) is 68.9 Å². The third-order valence-corrected chi connectivity index (χ3v) is 9.70. The van der Waals surface area contributed by atoms with Crippen LogP contribution in [0.2, 0.25) is 0 Å². The number of nitrogens with two attached hydrogens (primary N) is 1. The van der Waals surface area contributed by atoms with Gasteiger partial charge in [0.2, 0.25) is 0 Å². The van der Waals surface area contributed by atoms with Gasteiger partial charge in [-0.25, -0.2) is 14.8 Å². The van der Waals surface area contributed by atoms with Crippen LogP contribution < -0.4 is 21.3 Å². The van der Waals surface area contributed by atoms with E-state index >= 15 is 0 Å². The van der Waals surface area contributed by atoms with Crippen LogP contribution in [0.4, 0.5) is 22.1 Å². The first-order valence-corrected chi connectivity index (χ1v) is 14.3. The molecule has 1 saturated carbocycles. The fourth-order valence-electron chi connectivity index (χ4n) is 6.83. The van der Waals surface area contributed by atoms with Crippen molar-refractivity contribution in [2.75, 3.05) is 50.0 Å². The lowest BCUT2D eigenvalue weighted by Gasteiger charge is -2.43. The van der Waals surface area contributed by atoms with E-state index in [0.29, 0.717) is 18.2 Å². The van der Waals surface area contributed by atoms with Crippen molar-refractivity contribution in [3.05, 3.63) is 41.7 Å². The zero-order valence-electron chi connectivity index (χ0n) is 23.1. The number of amides is 3. The molecule has 10 heteroatoms. The number of hydrogen-bond donors (Lipinski definition) is 3. The van der Waals surface area contributed by atoms with Crippen molar-refractivity contribution >= 4 is 29.3 Å². The topological polar surface area (TPSA) is 120 Å². The average molecular weight is 533 g/mol. The number of aromatic nitrogens is 2. The molecule has 3 aliphatic heterocycles. The highest BCUT2D eigenvalue weighted by molar-refractivity contribution is 5.96. The maximum atomic E-state index is 13.1. The minimum Gasteiger partial charge on any atom is -0.364 e. The third-order valence-electron chi connectivity index (χ3n) is 9.70. The number of urea groups is 1. The van der Waals surface area contributed by atoms with Gasteiger partial charge >= 0.3 is 6.03 Å². The molecule has 10 nitrogen and oxygen atoms in total. The van der Waals surface area contributed by atoms with E-state index in [9.17, 15) is 9.59 Å². The molecule has 3 amide bonds. The summed E-state index contributed by atoms with van der Waals surface area (Å²) in [7, 11) is 1.95. The molecule has 2 aromatic rings. The standard InChI is InChI=1S/C29H40N8O2/c1-28(12-14-31-15-13-28)20-6-8-21(9-7-20)33-26-24(25(30)38)32-17-23(34-26)36-16-3-5-22(18-36)37-19-29(10-4-11-29)35(2)27(37)39/h6-9,17,22,31H,3-5,10-16,18-19H2,1-2H3,(H2,30,38)(H,33,34). The normalized spacial score (nSPS) is 24.1. The minimum absolute atomic E-state index is 0.0280. The molecule has 0 bridgehead atoms. The number of likely N-dealkylation sites (N-methyl/N-ethyl adjacent to an activating group) is 1. The van der Waals surface area contributed by atoms with Crippen molar-refractivity contribution in [1.29, 1.82) is 0 Å². The van der Waals surface area contributed by atoms with E-state index in [1.807, 2.05) is 24.1 Å². The number of anilines is 3. The van der Waals surface area contributed by atoms with Gasteiger partial charge in [0, 0.05) is 32.4 Å². The van der Waals surface area contributed by atoms with Crippen LogP contribution in [-0.4, -0.2) is 83.1 Å². The van der Waals surface area contributed by atoms with Crippen molar-refractivity contribution in [1.82, 2.24) is 25.1 Å². The number of rotatable bonds is 6. The van der Waals surface area contributed by atoms with Gasteiger partial charge in [0.25, 0.3) is 5.91 Å². The summed E-state index contributed by atoms with van der Waals surface area (Å²) >= 11 is 0. The number of hydrogen-bond acceptors (Lipinski definition) is 7. The van der Waals surface area contributed by atoms with Gasteiger partial charge in [-0.3, -0.25) is 4.79 Å². The number of benzene rings is 1. The molecular formula is C29H40N8O2. The number of nitrogens with zero attached hydrogens (tertiary/aromatic N) is 5. The van der Waals surface area contributed by atoms with Crippen LogP contribution in [0.3, 0.4) is 0 Å². The molecule has 4 aliphatic rings. The highest BCUT2D eigenvalue weighted by Crippen LogP contribution is 2.43. The van der Waals surface area contributed by atoms with Gasteiger partial charge in [0.15, 0.2) is 11.5 Å². The molecule has 39 heavy (non-hydrogen) atoms. The zero-order valence-corrected chi connectivity index (χ0v) is 23.1. The Labute approximate surface area is 230 Å². The first kappa shape index (κ1) is 25.9. The summed E-state index contributed by atoms with van der Waals surface area (Å²) in [5.74, 6) is 0.418. The Hall–Kier alpha value is -3.40. The second-order valence-corrected chi connectivity index (χ2v) is 12.1. The first-order chi connectivity index (χ1) is 18.8. The lowest BCUT2D eigenvalue weighted by Crippen LogP contribution is -2.51. The van der Waals surface area contributed by atoms with Gasteiger partial charge in [-0.05, 0) is 81.1 Å². The Bertz CT molecular complexity index is 1240. The predicted molar refractivity (Wildman–Crippen MR) is 151 cm³/mol. The molecule has 1 unspecified atom stereocenters. The predicted octanol–water partition coefficient (Wildman–Crippen LogP) is 3.22. The zero-order chi connectivity index (χ0) is 27.2. The Morgan fingerprint density at radius 1 is 1.13 bits per heavy atom. The highest BCUT2D eigenvalue weighted by atomic mass is 16.2. The summed E-state index contributed by atoms with van der Waals surface area (Å²) in [6, 6.07) is 8.65. The maximum Gasteiger partial charge on any atom is 0.320 e. The van der Waals surface area contributed by atoms with Crippen LogP contribution >= 0.6 is 0 Å². The van der Waals surface area contributed by atoms with E-state index < -0.39 is 5.91 Å². The molecule has 1 aliphatic carbocycles. The number of nitrogens with one attached hydrogen (secondary N) is 2. The number of carbonyl (C=O) groups is 2. The van der Waals surface area contributed by atoms with Gasteiger partial charge < -0.3 is 31.1 Å². The molecule has 4 fully saturated rings. The quantitative estimate of drug-likeness (QED) is 0.523. The summed E-state index contributed by atoms with van der Waals surface area (Å²) in [5, 5.41) is 6.73. The Kier molecular flexibility index (Phi) is 6.61. The summed E-state index contributed by atoms with van der Waals surface area (Å²) in [6.45, 7) is 6.71. The molecular weight excluding hydrogens is 492 g/mol. The van der Waals surface area contributed by atoms with E-state index in [1.165, 1.54) is 12.0 Å². The van der Waals surface area contributed by atoms with E-state index in [-0.39, 0.29) is 28.7 Å². The SMILES string of the molecule is CN1C(=O)N(C2CCCN(c3cnc(C(N)=O)c(Nc4ccc(C5(C)CCNCC5)cc4)n3)C2)CC12CCC2. The van der Waals surface area contributed by atoms with Gasteiger partial charge in [-0.1, -0.05) is 19.1 Å². The van der Waals surface area contributed by atoms with Crippen LogP contribution in [0.15, 0.2) is 30.5 Å². The minimum atomic E-state index is -0.622. The van der Waals surface area contributed by atoms with Crippen LogP contribution in [0.1, 0.15) is 67.9 Å². The van der Waals surface area contributed by atoms with Crippen LogP contribution in [0, 0.1) is 0 Å². The fourth-order valence-corrected chi connectivity index (χ4v) is 6.83. The Morgan fingerprint density at radius 3 is 2.51 bits per heavy atom. The third kappa shape index (κ3) is 4.68. The molecule has 1 atom stereocenters. The second-order valence-electron chi connectivity index (χ2n) is 12.1. The largest absolute Gasteiger partial charge is 0.364 e. The van der Waals surface area contributed by atoms with Crippen molar-refractivity contribution < 1.29 is 9.59 Å². The number of carbonyl (C=O) groups excluding carboxylic acids is 2. The van der Waals surface area contributed by atoms with Gasteiger partial charge in [-0.15, -0.1) is 0 Å². The van der Waals surface area contributed by atoms with Crippen molar-refractivity contribution in [2.24, 2.45) is 5.73 Å². The van der Waals surface area contributed by atoms with E-state index in [4.69, 9.17) is 10.7 Å². The fraction of sp³-hybridized carbons (Fsp3) is 0.586. The van der Waals surface area contributed by atoms with Gasteiger partial charge in [-0.2, -0.15) is 0 Å². The molecule has 0 radical (unpaired) electrons. The molecule has 1 aromatic carbocycles. The smallest absolute Gasteiger partial charge is 0.320 e. The molecule has 4 heterocycles. The molecule has 208 valence electrons. The van der Waals surface area contributed by atoms with Crippen LogP contribution in [0.5, 0.6) is 0 Å². The number of primary amides is 1. The maximum absolute atomic E-state index is 13.1. The first-order valence-electron chi connectivity index (χ1n) is 14.3. The van der Waals surface area contributed by atoms with Gasteiger partial charge in [0.1, 0.15) is 5.82 Å². The van der Waals surface area contributed by atoms with Gasteiger partial charge in [0.05, 0.1) is 17.8 Å². The Balaban J connectivity index is 1.20. The molecule has 4 N–H and O–H groups in total. The van der Waals surface area contributed by atoms with Crippen molar-refractivity contribution in [3.63, 3.8) is 0 Å². The lowest BCUT2D eigenvalue weighted by atomic mass is 9.75. The van der Waals surface area contributed by atoms with Crippen LogP contribution in [-0.2, 0) is 5.41 Å².